The first-order chi connectivity index (χ1) is 15.6. The minimum absolute atomic E-state index is 0.0356. The zero-order chi connectivity index (χ0) is 21.9. The lowest BCUT2D eigenvalue weighted by atomic mass is 9.91. The van der Waals surface area contributed by atoms with Crippen molar-refractivity contribution in [2.45, 2.75) is 18.9 Å². The Morgan fingerprint density at radius 2 is 1.88 bits per heavy atom. The van der Waals surface area contributed by atoms with E-state index in [1.807, 2.05) is 78.9 Å². The van der Waals surface area contributed by atoms with Gasteiger partial charge in [0.15, 0.2) is 5.13 Å². The smallest absolute Gasteiger partial charge is 0.226 e. The predicted octanol–water partition coefficient (Wildman–Crippen LogP) is 6.59. The molecule has 2 heterocycles. The summed E-state index contributed by atoms with van der Waals surface area (Å²) in [6, 6.07) is 25.4. The summed E-state index contributed by atoms with van der Waals surface area (Å²) < 4.78 is 5.99. The molecule has 0 radical (unpaired) electrons. The van der Waals surface area contributed by atoms with Gasteiger partial charge in [0.05, 0.1) is 4.88 Å². The summed E-state index contributed by atoms with van der Waals surface area (Å²) >= 11 is 7.52. The summed E-state index contributed by atoms with van der Waals surface area (Å²) in [6.07, 6.45) is 0.376. The number of hydrogen-bond acceptors (Lipinski definition) is 5. The van der Waals surface area contributed by atoms with Crippen LogP contribution in [-0.4, -0.2) is 10.9 Å². The second-order valence-corrected chi connectivity index (χ2v) is 8.98. The highest BCUT2D eigenvalue weighted by atomic mass is 35.5. The third-order valence-electron chi connectivity index (χ3n) is 5.22. The molecule has 0 bridgehead atoms. The number of anilines is 3. The molecule has 7 heteroatoms. The van der Waals surface area contributed by atoms with Gasteiger partial charge in [0.1, 0.15) is 18.2 Å². The second-order valence-electron chi connectivity index (χ2n) is 7.52. The fourth-order valence-electron chi connectivity index (χ4n) is 3.65. The molecule has 1 aliphatic heterocycles. The number of ether oxygens (including phenoxy) is 1. The lowest BCUT2D eigenvalue weighted by molar-refractivity contribution is -0.116. The lowest BCUT2D eigenvalue weighted by Gasteiger charge is -2.22. The van der Waals surface area contributed by atoms with Gasteiger partial charge in [0.25, 0.3) is 0 Å². The number of para-hydroxylation sites is 1. The second kappa shape index (κ2) is 9.02. The fourth-order valence-corrected chi connectivity index (χ4v) is 4.85. The quantitative estimate of drug-likeness (QED) is 0.340. The zero-order valence-corrected chi connectivity index (χ0v) is 18.6. The Hall–Kier alpha value is -3.35. The molecule has 5 rings (SSSR count). The predicted molar refractivity (Wildman–Crippen MR) is 129 cm³/mol. The van der Waals surface area contributed by atoms with E-state index in [2.05, 4.69) is 15.6 Å². The molecular weight excluding hydrogens is 442 g/mol. The van der Waals surface area contributed by atoms with Crippen LogP contribution < -0.4 is 15.4 Å². The molecule has 0 saturated heterocycles. The SMILES string of the molecule is O=C1C[C@H](c2cccc(OCc3ccc(Cl)cc3)c2)c2sc(Nc3ccccc3)nc2N1. The topological polar surface area (TPSA) is 63.2 Å². The van der Waals surface area contributed by atoms with Crippen molar-refractivity contribution in [3.8, 4) is 5.75 Å². The van der Waals surface area contributed by atoms with E-state index in [1.165, 1.54) is 0 Å². The van der Waals surface area contributed by atoms with E-state index in [4.69, 9.17) is 16.3 Å². The highest BCUT2D eigenvalue weighted by molar-refractivity contribution is 7.16. The summed E-state index contributed by atoms with van der Waals surface area (Å²) in [6.45, 7) is 0.447. The van der Waals surface area contributed by atoms with Crippen molar-refractivity contribution in [1.82, 2.24) is 4.98 Å². The summed E-state index contributed by atoms with van der Waals surface area (Å²) in [7, 11) is 0. The van der Waals surface area contributed by atoms with E-state index < -0.39 is 0 Å². The lowest BCUT2D eigenvalue weighted by Crippen LogP contribution is -2.22. The maximum Gasteiger partial charge on any atom is 0.226 e. The van der Waals surface area contributed by atoms with Gasteiger partial charge in [-0.2, -0.15) is 0 Å². The van der Waals surface area contributed by atoms with Gasteiger partial charge in [0.2, 0.25) is 5.91 Å². The normalized spacial score (nSPS) is 15.0. The molecule has 0 aliphatic carbocycles. The number of aromatic nitrogens is 1. The van der Waals surface area contributed by atoms with Crippen molar-refractivity contribution in [2.24, 2.45) is 0 Å². The van der Waals surface area contributed by atoms with Crippen molar-refractivity contribution in [3.05, 3.63) is 99.9 Å². The van der Waals surface area contributed by atoms with E-state index in [0.717, 1.165) is 32.6 Å². The summed E-state index contributed by atoms with van der Waals surface area (Å²) in [4.78, 5) is 18.0. The molecule has 5 nitrogen and oxygen atoms in total. The van der Waals surface area contributed by atoms with Gasteiger partial charge in [-0.25, -0.2) is 4.98 Å². The van der Waals surface area contributed by atoms with Crippen molar-refractivity contribution in [3.63, 3.8) is 0 Å². The Morgan fingerprint density at radius 3 is 2.69 bits per heavy atom. The van der Waals surface area contributed by atoms with Crippen molar-refractivity contribution in [1.29, 1.82) is 0 Å². The molecule has 2 N–H and O–H groups in total. The van der Waals surface area contributed by atoms with E-state index in [1.54, 1.807) is 11.3 Å². The maximum atomic E-state index is 12.4. The van der Waals surface area contributed by atoms with Gasteiger partial charge < -0.3 is 15.4 Å². The number of hydrogen-bond donors (Lipinski definition) is 2. The van der Waals surface area contributed by atoms with E-state index in [0.29, 0.717) is 23.9 Å². The first kappa shape index (κ1) is 20.5. The number of rotatable bonds is 6. The number of amides is 1. The molecule has 1 atom stereocenters. The third-order valence-corrected chi connectivity index (χ3v) is 6.56. The molecule has 0 unspecified atom stereocenters. The van der Waals surface area contributed by atoms with Crippen molar-refractivity contribution in [2.75, 3.05) is 10.6 Å². The molecular formula is C25H20ClN3O2S. The summed E-state index contributed by atoms with van der Waals surface area (Å²) in [5, 5.41) is 7.69. The zero-order valence-electron chi connectivity index (χ0n) is 17.0. The summed E-state index contributed by atoms with van der Waals surface area (Å²) in [5.74, 6) is 1.28. The van der Waals surface area contributed by atoms with Gasteiger partial charge in [-0.1, -0.05) is 65.4 Å². The Bertz CT molecular complexity index is 1240. The number of benzene rings is 3. The van der Waals surface area contributed by atoms with Crippen molar-refractivity contribution >= 4 is 45.5 Å². The van der Waals surface area contributed by atoms with Crippen LogP contribution in [-0.2, 0) is 11.4 Å². The van der Waals surface area contributed by atoms with Crippen LogP contribution in [0.3, 0.4) is 0 Å². The third kappa shape index (κ3) is 4.61. The fraction of sp³-hybridized carbons (Fsp3) is 0.120. The Morgan fingerprint density at radius 1 is 1.06 bits per heavy atom. The minimum atomic E-state index is -0.0679. The summed E-state index contributed by atoms with van der Waals surface area (Å²) in [5.41, 5.74) is 3.03. The van der Waals surface area contributed by atoms with Crippen LogP contribution in [0.1, 0.15) is 28.3 Å². The number of carbonyl (C=O) groups is 1. The van der Waals surface area contributed by atoms with Crippen LogP contribution >= 0.6 is 22.9 Å². The minimum Gasteiger partial charge on any atom is -0.489 e. The molecule has 0 spiro atoms. The van der Waals surface area contributed by atoms with Crippen LogP contribution in [0.2, 0.25) is 5.02 Å². The number of nitrogens with one attached hydrogen (secondary N) is 2. The monoisotopic (exact) mass is 461 g/mol. The van der Waals surface area contributed by atoms with Crippen LogP contribution in [0.15, 0.2) is 78.9 Å². The number of thiazole rings is 1. The van der Waals surface area contributed by atoms with Crippen LogP contribution in [0.5, 0.6) is 5.75 Å². The molecule has 3 aromatic carbocycles. The average Bonchev–Trinajstić information content (AvgIpc) is 3.21. The molecule has 0 fully saturated rings. The first-order valence-electron chi connectivity index (χ1n) is 10.2. The first-order valence-corrected chi connectivity index (χ1v) is 11.4. The van der Waals surface area contributed by atoms with Gasteiger partial charge >= 0.3 is 0 Å². The number of fused-ring (bicyclic) bond motifs is 1. The Labute approximate surface area is 195 Å². The molecule has 0 saturated carbocycles. The van der Waals surface area contributed by atoms with E-state index >= 15 is 0 Å². The standard InChI is InChI=1S/C25H20ClN3O2S/c26-18-11-9-16(10-12-18)15-31-20-8-4-5-17(13-20)21-14-22(30)28-24-23(21)32-25(29-24)27-19-6-2-1-3-7-19/h1-13,21H,14-15H2,(H,27,29)(H,28,30)/t21-/m1/s1. The van der Waals surface area contributed by atoms with Gasteiger partial charge in [-0.3, -0.25) is 4.79 Å². The van der Waals surface area contributed by atoms with Gasteiger partial charge in [-0.05, 0) is 47.5 Å². The van der Waals surface area contributed by atoms with Crippen LogP contribution in [0.4, 0.5) is 16.6 Å². The molecule has 1 amide bonds. The van der Waals surface area contributed by atoms with Crippen LogP contribution in [0, 0.1) is 0 Å². The average molecular weight is 462 g/mol. The molecule has 4 aromatic rings. The molecule has 1 aromatic heterocycles. The van der Waals surface area contributed by atoms with E-state index in [-0.39, 0.29) is 11.8 Å². The van der Waals surface area contributed by atoms with E-state index in [9.17, 15) is 4.79 Å². The Kier molecular flexibility index (Phi) is 5.79. The number of nitrogens with zero attached hydrogens (tertiary/aromatic N) is 1. The van der Waals surface area contributed by atoms with Crippen LogP contribution in [0.25, 0.3) is 0 Å². The molecule has 32 heavy (non-hydrogen) atoms. The maximum absolute atomic E-state index is 12.4. The number of carbonyl (C=O) groups excluding carboxylic acids is 1. The highest BCUT2D eigenvalue weighted by Crippen LogP contribution is 2.43. The molecule has 1 aliphatic rings. The van der Waals surface area contributed by atoms with Crippen molar-refractivity contribution < 1.29 is 9.53 Å². The molecule has 160 valence electrons. The largest absolute Gasteiger partial charge is 0.489 e. The highest BCUT2D eigenvalue weighted by Gasteiger charge is 2.30. The Balaban J connectivity index is 1.37. The number of halogens is 1. The van der Waals surface area contributed by atoms with Gasteiger partial charge in [0, 0.05) is 23.0 Å². The van der Waals surface area contributed by atoms with Gasteiger partial charge in [-0.15, -0.1) is 0 Å².